The van der Waals surface area contributed by atoms with Crippen LogP contribution in [0.15, 0.2) is 41.6 Å². The molecule has 20 heavy (non-hydrogen) atoms. The van der Waals surface area contributed by atoms with Gasteiger partial charge >= 0.3 is 7.12 Å². The molecule has 5 heteroatoms. The summed E-state index contributed by atoms with van der Waals surface area (Å²) in [4.78, 5) is 0. The van der Waals surface area contributed by atoms with E-state index in [-0.39, 0.29) is 5.92 Å². The zero-order valence-electron chi connectivity index (χ0n) is 11.6. The molecule has 0 bridgehead atoms. The SMILES string of the molecule is Cc1cc(COC2=CC=C(B(O)O)CC2C)ccc1Cl. The van der Waals surface area contributed by atoms with Crippen LogP contribution >= 0.6 is 11.6 Å². The van der Waals surface area contributed by atoms with Gasteiger partial charge in [0.1, 0.15) is 6.61 Å². The molecular formula is C15H18BClO3. The Morgan fingerprint density at radius 2 is 2.10 bits per heavy atom. The van der Waals surface area contributed by atoms with E-state index in [4.69, 9.17) is 26.4 Å². The van der Waals surface area contributed by atoms with Crippen molar-refractivity contribution >= 4 is 18.7 Å². The summed E-state index contributed by atoms with van der Waals surface area (Å²) in [6.07, 6.45) is 4.13. The van der Waals surface area contributed by atoms with Crippen LogP contribution < -0.4 is 0 Å². The van der Waals surface area contributed by atoms with Gasteiger partial charge < -0.3 is 14.8 Å². The highest BCUT2D eigenvalue weighted by Gasteiger charge is 2.23. The number of benzene rings is 1. The molecule has 0 amide bonds. The van der Waals surface area contributed by atoms with Gasteiger partial charge in [-0.3, -0.25) is 0 Å². The molecular weight excluding hydrogens is 274 g/mol. The predicted octanol–water partition coefficient (Wildman–Crippen LogP) is 3.03. The van der Waals surface area contributed by atoms with Gasteiger partial charge in [-0.25, -0.2) is 0 Å². The van der Waals surface area contributed by atoms with E-state index in [0.29, 0.717) is 18.5 Å². The largest absolute Gasteiger partial charge is 0.493 e. The molecule has 1 aliphatic rings. The van der Waals surface area contributed by atoms with Gasteiger partial charge in [-0.2, -0.15) is 0 Å². The first-order valence-corrected chi connectivity index (χ1v) is 6.99. The molecule has 0 aromatic heterocycles. The maximum atomic E-state index is 9.15. The minimum atomic E-state index is -1.38. The summed E-state index contributed by atoms with van der Waals surface area (Å²) in [5, 5.41) is 19.1. The second-order valence-corrected chi connectivity index (χ2v) is 5.57. The highest BCUT2D eigenvalue weighted by atomic mass is 35.5. The zero-order valence-corrected chi connectivity index (χ0v) is 12.4. The van der Waals surface area contributed by atoms with Crippen molar-refractivity contribution in [3.63, 3.8) is 0 Å². The molecule has 1 unspecified atom stereocenters. The van der Waals surface area contributed by atoms with Crippen molar-refractivity contribution in [3.8, 4) is 0 Å². The fraction of sp³-hybridized carbons (Fsp3) is 0.333. The maximum absolute atomic E-state index is 9.15. The van der Waals surface area contributed by atoms with Crippen LogP contribution in [0.5, 0.6) is 0 Å². The van der Waals surface area contributed by atoms with E-state index in [0.717, 1.165) is 21.9 Å². The second-order valence-electron chi connectivity index (χ2n) is 5.16. The molecule has 0 fully saturated rings. The molecule has 3 nitrogen and oxygen atoms in total. The highest BCUT2D eigenvalue weighted by Crippen LogP contribution is 2.27. The van der Waals surface area contributed by atoms with Gasteiger partial charge in [0, 0.05) is 10.9 Å². The molecule has 1 atom stereocenters. The standard InChI is InChI=1S/C15H18BClO3/c1-10-7-12(3-5-14(10)17)9-20-15-6-4-13(16(18)19)8-11(15)2/h3-7,11,18-19H,8-9H2,1-2H3. The molecule has 2 N–H and O–H groups in total. The quantitative estimate of drug-likeness (QED) is 0.839. The van der Waals surface area contributed by atoms with Crippen molar-refractivity contribution in [2.45, 2.75) is 26.9 Å². The van der Waals surface area contributed by atoms with E-state index in [2.05, 4.69) is 0 Å². The molecule has 0 spiro atoms. The van der Waals surface area contributed by atoms with Crippen LogP contribution in [0.4, 0.5) is 0 Å². The average Bonchev–Trinajstić information content (AvgIpc) is 2.41. The molecule has 2 rings (SSSR count). The number of aryl methyl sites for hydroxylation is 1. The van der Waals surface area contributed by atoms with Crippen LogP contribution in [0, 0.1) is 12.8 Å². The van der Waals surface area contributed by atoms with Crippen molar-refractivity contribution in [1.82, 2.24) is 0 Å². The molecule has 106 valence electrons. The molecule has 0 radical (unpaired) electrons. The van der Waals surface area contributed by atoms with Crippen LogP contribution in [0.25, 0.3) is 0 Å². The van der Waals surface area contributed by atoms with E-state index in [1.165, 1.54) is 0 Å². The van der Waals surface area contributed by atoms with E-state index < -0.39 is 7.12 Å². The van der Waals surface area contributed by atoms with Crippen molar-refractivity contribution in [3.05, 3.63) is 57.7 Å². The van der Waals surface area contributed by atoms with Crippen molar-refractivity contribution < 1.29 is 14.8 Å². The van der Waals surface area contributed by atoms with Crippen LogP contribution in [-0.4, -0.2) is 17.2 Å². The van der Waals surface area contributed by atoms with Crippen molar-refractivity contribution in [2.24, 2.45) is 5.92 Å². The van der Waals surface area contributed by atoms with Gasteiger partial charge in [-0.05, 0) is 42.1 Å². The maximum Gasteiger partial charge on any atom is 0.484 e. The highest BCUT2D eigenvalue weighted by molar-refractivity contribution is 6.50. The van der Waals surface area contributed by atoms with Crippen LogP contribution in [0.2, 0.25) is 5.02 Å². The van der Waals surface area contributed by atoms with Crippen LogP contribution in [0.1, 0.15) is 24.5 Å². The Hall–Kier alpha value is -1.23. The molecule has 0 saturated heterocycles. The smallest absolute Gasteiger partial charge is 0.484 e. The van der Waals surface area contributed by atoms with E-state index in [1.807, 2.05) is 38.1 Å². The Morgan fingerprint density at radius 1 is 1.35 bits per heavy atom. The number of allylic oxidation sites excluding steroid dienone is 4. The Morgan fingerprint density at radius 3 is 2.70 bits per heavy atom. The second kappa shape index (κ2) is 6.48. The third-order valence-corrected chi connectivity index (χ3v) is 3.87. The number of hydrogen-bond acceptors (Lipinski definition) is 3. The fourth-order valence-corrected chi connectivity index (χ4v) is 2.34. The lowest BCUT2D eigenvalue weighted by Gasteiger charge is -2.22. The Kier molecular flexibility index (Phi) is 4.92. The molecule has 0 aliphatic heterocycles. The van der Waals surface area contributed by atoms with Crippen LogP contribution in [-0.2, 0) is 11.3 Å². The topological polar surface area (TPSA) is 49.7 Å². The van der Waals surface area contributed by atoms with E-state index in [9.17, 15) is 0 Å². The summed E-state index contributed by atoms with van der Waals surface area (Å²) < 4.78 is 5.81. The lowest BCUT2D eigenvalue weighted by molar-refractivity contribution is 0.166. The first-order chi connectivity index (χ1) is 9.47. The molecule has 1 aliphatic carbocycles. The number of halogens is 1. The first kappa shape index (κ1) is 15.2. The summed E-state index contributed by atoms with van der Waals surface area (Å²) in [5.74, 6) is 1.01. The van der Waals surface area contributed by atoms with Gasteiger partial charge in [-0.1, -0.05) is 36.7 Å². The van der Waals surface area contributed by atoms with Gasteiger partial charge in [0.2, 0.25) is 0 Å². The number of rotatable bonds is 4. The van der Waals surface area contributed by atoms with Crippen LogP contribution in [0.3, 0.4) is 0 Å². The Bertz CT molecular complexity index is 552. The van der Waals surface area contributed by atoms with Crippen molar-refractivity contribution in [1.29, 1.82) is 0 Å². The lowest BCUT2D eigenvalue weighted by atomic mass is 9.72. The van der Waals surface area contributed by atoms with Gasteiger partial charge in [0.25, 0.3) is 0 Å². The third-order valence-electron chi connectivity index (χ3n) is 3.45. The predicted molar refractivity (Wildman–Crippen MR) is 81.1 cm³/mol. The average molecular weight is 293 g/mol. The summed E-state index contributed by atoms with van der Waals surface area (Å²) in [6.45, 7) is 4.46. The monoisotopic (exact) mass is 292 g/mol. The molecule has 1 aromatic rings. The summed E-state index contributed by atoms with van der Waals surface area (Å²) in [7, 11) is -1.38. The summed E-state index contributed by atoms with van der Waals surface area (Å²) in [5.41, 5.74) is 2.72. The Balaban J connectivity index is 2.02. The third kappa shape index (κ3) is 3.66. The van der Waals surface area contributed by atoms with E-state index >= 15 is 0 Å². The van der Waals surface area contributed by atoms with Gasteiger partial charge in [0.05, 0.1) is 5.76 Å². The lowest BCUT2D eigenvalue weighted by Crippen LogP contribution is -2.20. The molecule has 0 heterocycles. The molecule has 0 saturated carbocycles. The normalized spacial score (nSPS) is 18.4. The summed E-state index contributed by atoms with van der Waals surface area (Å²) >= 11 is 5.99. The zero-order chi connectivity index (χ0) is 14.7. The minimum Gasteiger partial charge on any atom is -0.493 e. The van der Waals surface area contributed by atoms with Crippen molar-refractivity contribution in [2.75, 3.05) is 0 Å². The number of ether oxygens (including phenoxy) is 1. The fourth-order valence-electron chi connectivity index (χ4n) is 2.22. The summed E-state index contributed by atoms with van der Waals surface area (Å²) in [6, 6.07) is 5.83. The molecule has 1 aromatic carbocycles. The first-order valence-electron chi connectivity index (χ1n) is 6.62. The van der Waals surface area contributed by atoms with Gasteiger partial charge in [-0.15, -0.1) is 0 Å². The van der Waals surface area contributed by atoms with Gasteiger partial charge in [0.15, 0.2) is 0 Å². The Labute approximate surface area is 124 Å². The number of hydrogen-bond donors (Lipinski definition) is 2. The van der Waals surface area contributed by atoms with E-state index in [1.54, 1.807) is 6.08 Å². The minimum absolute atomic E-state index is 0.144.